The van der Waals surface area contributed by atoms with Crippen LogP contribution in [0.1, 0.15) is 58.3 Å². The van der Waals surface area contributed by atoms with E-state index in [0.29, 0.717) is 16.4 Å². The van der Waals surface area contributed by atoms with Crippen molar-refractivity contribution < 1.29 is 4.79 Å². The SMILES string of the molecule is CCc1ccc(C(=O)NC(C)c2nnc(SCc3ccccc3C)n2-c2cc(Cl)ccc2C)cc1. The van der Waals surface area contributed by atoms with E-state index < -0.39 is 0 Å². The number of carbonyl (C=O) groups excluding carboxylic acids is 1. The lowest BCUT2D eigenvalue weighted by Crippen LogP contribution is -2.28. The average Bonchev–Trinajstić information content (AvgIpc) is 3.29. The Bertz CT molecular complexity index is 1330. The van der Waals surface area contributed by atoms with Crippen molar-refractivity contribution in [1.29, 1.82) is 0 Å². The second kappa shape index (κ2) is 11.1. The summed E-state index contributed by atoms with van der Waals surface area (Å²) >= 11 is 7.98. The third kappa shape index (κ3) is 5.77. The van der Waals surface area contributed by atoms with E-state index >= 15 is 0 Å². The van der Waals surface area contributed by atoms with Crippen molar-refractivity contribution in [2.75, 3.05) is 0 Å². The molecule has 180 valence electrons. The number of aryl methyl sites for hydroxylation is 3. The van der Waals surface area contributed by atoms with Gasteiger partial charge in [0, 0.05) is 16.3 Å². The van der Waals surface area contributed by atoms with Gasteiger partial charge in [0.1, 0.15) is 0 Å². The molecule has 0 saturated heterocycles. The molecule has 0 fully saturated rings. The summed E-state index contributed by atoms with van der Waals surface area (Å²) in [6, 6.07) is 21.4. The lowest BCUT2D eigenvalue weighted by molar-refractivity contribution is 0.0938. The van der Waals surface area contributed by atoms with E-state index in [9.17, 15) is 4.79 Å². The molecule has 4 aromatic rings. The van der Waals surface area contributed by atoms with Crippen molar-refractivity contribution in [2.24, 2.45) is 0 Å². The molecule has 7 heteroatoms. The van der Waals surface area contributed by atoms with Crippen molar-refractivity contribution in [2.45, 2.75) is 51.1 Å². The molecule has 1 heterocycles. The maximum absolute atomic E-state index is 13.0. The number of benzene rings is 3. The van der Waals surface area contributed by atoms with Gasteiger partial charge in [0.05, 0.1) is 11.7 Å². The van der Waals surface area contributed by atoms with Crippen LogP contribution < -0.4 is 5.32 Å². The summed E-state index contributed by atoms with van der Waals surface area (Å²) in [4.78, 5) is 13.0. The second-order valence-electron chi connectivity index (χ2n) is 8.57. The number of halogens is 1. The molecular weight excluding hydrogens is 476 g/mol. The second-order valence-corrected chi connectivity index (χ2v) is 9.95. The molecule has 0 aliphatic rings. The van der Waals surface area contributed by atoms with Crippen molar-refractivity contribution in [3.8, 4) is 5.69 Å². The van der Waals surface area contributed by atoms with Crippen LogP contribution in [0.3, 0.4) is 0 Å². The van der Waals surface area contributed by atoms with Gasteiger partial charge in [-0.3, -0.25) is 9.36 Å². The van der Waals surface area contributed by atoms with Gasteiger partial charge in [-0.05, 0) is 73.7 Å². The highest BCUT2D eigenvalue weighted by Crippen LogP contribution is 2.31. The van der Waals surface area contributed by atoms with E-state index in [4.69, 9.17) is 11.6 Å². The van der Waals surface area contributed by atoms with Gasteiger partial charge < -0.3 is 5.32 Å². The van der Waals surface area contributed by atoms with E-state index in [2.05, 4.69) is 41.5 Å². The van der Waals surface area contributed by atoms with Crippen LogP contribution in [0.25, 0.3) is 5.69 Å². The van der Waals surface area contributed by atoms with Gasteiger partial charge in [-0.15, -0.1) is 10.2 Å². The van der Waals surface area contributed by atoms with E-state index in [1.807, 2.05) is 73.0 Å². The molecular formula is C28H29ClN4OS. The van der Waals surface area contributed by atoms with Gasteiger partial charge >= 0.3 is 0 Å². The van der Waals surface area contributed by atoms with Crippen molar-refractivity contribution in [1.82, 2.24) is 20.1 Å². The Morgan fingerprint density at radius 2 is 1.77 bits per heavy atom. The molecule has 0 aliphatic carbocycles. The predicted octanol–water partition coefficient (Wildman–Crippen LogP) is 6.88. The Balaban J connectivity index is 1.65. The molecule has 0 radical (unpaired) electrons. The van der Waals surface area contributed by atoms with Crippen molar-refractivity contribution >= 4 is 29.3 Å². The fourth-order valence-electron chi connectivity index (χ4n) is 3.86. The van der Waals surface area contributed by atoms with Gasteiger partial charge in [0.25, 0.3) is 5.91 Å². The van der Waals surface area contributed by atoms with Crippen LogP contribution in [0, 0.1) is 13.8 Å². The highest BCUT2D eigenvalue weighted by Gasteiger charge is 2.23. The summed E-state index contributed by atoms with van der Waals surface area (Å²) in [5, 5.41) is 13.5. The maximum atomic E-state index is 13.0. The maximum Gasteiger partial charge on any atom is 0.251 e. The predicted molar refractivity (Wildman–Crippen MR) is 144 cm³/mol. The summed E-state index contributed by atoms with van der Waals surface area (Å²) < 4.78 is 2.01. The van der Waals surface area contributed by atoms with E-state index in [0.717, 1.165) is 28.6 Å². The van der Waals surface area contributed by atoms with Crippen LogP contribution in [-0.2, 0) is 12.2 Å². The summed E-state index contributed by atoms with van der Waals surface area (Å²) in [7, 11) is 0. The zero-order chi connectivity index (χ0) is 24.9. The lowest BCUT2D eigenvalue weighted by atomic mass is 10.1. The summed E-state index contributed by atoms with van der Waals surface area (Å²) in [6.45, 7) is 8.16. The number of nitrogens with one attached hydrogen (secondary N) is 1. The first-order valence-corrected chi connectivity index (χ1v) is 13.0. The minimum Gasteiger partial charge on any atom is -0.342 e. The first-order chi connectivity index (χ1) is 16.9. The molecule has 4 rings (SSSR count). The third-order valence-corrected chi connectivity index (χ3v) is 7.26. The summed E-state index contributed by atoms with van der Waals surface area (Å²) in [5.74, 6) is 1.27. The fraction of sp³-hybridized carbons (Fsp3) is 0.250. The van der Waals surface area contributed by atoms with Gasteiger partial charge in [0.15, 0.2) is 11.0 Å². The number of hydrogen-bond donors (Lipinski definition) is 1. The highest BCUT2D eigenvalue weighted by molar-refractivity contribution is 7.98. The molecule has 35 heavy (non-hydrogen) atoms. The average molecular weight is 505 g/mol. The fourth-order valence-corrected chi connectivity index (χ4v) is 5.05. The zero-order valence-corrected chi connectivity index (χ0v) is 22.0. The molecule has 1 amide bonds. The number of nitrogens with zero attached hydrogens (tertiary/aromatic N) is 3. The van der Waals surface area contributed by atoms with E-state index in [1.54, 1.807) is 11.8 Å². The standard InChI is InChI=1S/C28H29ClN4OS/c1-5-21-11-13-22(14-12-21)27(34)30-20(4)26-31-32-28(35-17-23-9-7-6-8-18(23)2)33(26)25-16-24(29)15-10-19(25)3/h6-16,20H,5,17H2,1-4H3,(H,30,34). The number of hydrogen-bond acceptors (Lipinski definition) is 4. The smallest absolute Gasteiger partial charge is 0.251 e. The first kappa shape index (κ1) is 25.0. The van der Waals surface area contributed by atoms with Gasteiger partial charge in [-0.2, -0.15) is 0 Å². The molecule has 0 saturated carbocycles. The quantitative estimate of drug-likeness (QED) is 0.265. The Labute approximate surface area is 215 Å². The minimum absolute atomic E-state index is 0.147. The van der Waals surface area contributed by atoms with Gasteiger partial charge in [0.2, 0.25) is 0 Å². The Morgan fingerprint density at radius 3 is 2.49 bits per heavy atom. The van der Waals surface area contributed by atoms with Crippen molar-refractivity contribution in [3.63, 3.8) is 0 Å². The van der Waals surface area contributed by atoms with E-state index in [1.165, 1.54) is 16.7 Å². The molecule has 0 spiro atoms. The first-order valence-electron chi connectivity index (χ1n) is 11.7. The molecule has 0 aliphatic heterocycles. The lowest BCUT2D eigenvalue weighted by Gasteiger charge is -2.18. The Morgan fingerprint density at radius 1 is 1.03 bits per heavy atom. The minimum atomic E-state index is -0.368. The van der Waals surface area contributed by atoms with Crippen LogP contribution >= 0.6 is 23.4 Å². The molecule has 5 nitrogen and oxygen atoms in total. The van der Waals surface area contributed by atoms with Gasteiger partial charge in [-0.25, -0.2) is 0 Å². The number of rotatable bonds is 8. The van der Waals surface area contributed by atoms with Crippen LogP contribution in [0.5, 0.6) is 0 Å². The number of aromatic nitrogens is 3. The van der Waals surface area contributed by atoms with Crippen LogP contribution in [0.4, 0.5) is 0 Å². The van der Waals surface area contributed by atoms with Crippen LogP contribution in [-0.4, -0.2) is 20.7 Å². The number of thioether (sulfide) groups is 1. The van der Waals surface area contributed by atoms with E-state index in [-0.39, 0.29) is 11.9 Å². The largest absolute Gasteiger partial charge is 0.342 e. The third-order valence-electron chi connectivity index (χ3n) is 6.05. The number of amides is 1. The molecule has 0 bridgehead atoms. The summed E-state index contributed by atoms with van der Waals surface area (Å²) in [5.41, 5.74) is 6.24. The number of carbonyl (C=O) groups is 1. The highest BCUT2D eigenvalue weighted by atomic mass is 35.5. The molecule has 3 aromatic carbocycles. The van der Waals surface area contributed by atoms with Crippen molar-refractivity contribution in [3.05, 3.63) is 105 Å². The molecule has 1 aromatic heterocycles. The normalized spacial score (nSPS) is 11.9. The monoisotopic (exact) mass is 504 g/mol. The Hall–Kier alpha value is -3.09. The molecule has 1 N–H and O–H groups in total. The van der Waals surface area contributed by atoms with Gasteiger partial charge in [-0.1, -0.05) is 72.8 Å². The topological polar surface area (TPSA) is 59.8 Å². The van der Waals surface area contributed by atoms with Crippen LogP contribution in [0.15, 0.2) is 71.9 Å². The summed E-state index contributed by atoms with van der Waals surface area (Å²) in [6.07, 6.45) is 0.934. The zero-order valence-electron chi connectivity index (χ0n) is 20.4. The molecule has 1 atom stereocenters. The Kier molecular flexibility index (Phi) is 7.93. The molecule has 1 unspecified atom stereocenters. The van der Waals surface area contributed by atoms with Crippen LogP contribution in [0.2, 0.25) is 5.02 Å².